The monoisotopic (exact) mass is 504 g/mol. The molecule has 192 valence electrons. The summed E-state index contributed by atoms with van der Waals surface area (Å²) in [6, 6.07) is 22.0. The van der Waals surface area contributed by atoms with Crippen LogP contribution in [0.5, 0.6) is 0 Å². The van der Waals surface area contributed by atoms with E-state index in [2.05, 4.69) is 12.2 Å². The Labute approximate surface area is 223 Å². The minimum absolute atomic E-state index is 0.111. The van der Waals surface area contributed by atoms with E-state index in [0.29, 0.717) is 11.3 Å². The predicted molar refractivity (Wildman–Crippen MR) is 150 cm³/mol. The highest BCUT2D eigenvalue weighted by Gasteiger charge is 2.70. The van der Waals surface area contributed by atoms with E-state index < -0.39 is 23.4 Å². The molecule has 0 aromatic heterocycles. The van der Waals surface area contributed by atoms with E-state index in [1.807, 2.05) is 89.8 Å². The maximum absolute atomic E-state index is 14.5. The molecule has 1 spiro atoms. The van der Waals surface area contributed by atoms with Gasteiger partial charge >= 0.3 is 0 Å². The Morgan fingerprint density at radius 2 is 1.68 bits per heavy atom. The number of fused-ring (bicyclic) bond motifs is 5. The van der Waals surface area contributed by atoms with Crippen molar-refractivity contribution in [2.24, 2.45) is 5.92 Å². The summed E-state index contributed by atoms with van der Waals surface area (Å²) in [5.74, 6) is -1.29. The minimum atomic E-state index is -1.34. The average molecular weight is 505 g/mol. The first-order valence-corrected chi connectivity index (χ1v) is 13.6. The Morgan fingerprint density at radius 3 is 2.45 bits per heavy atom. The number of nitrogens with one attached hydrogen (secondary N) is 1. The zero-order chi connectivity index (χ0) is 26.4. The molecule has 5 nitrogen and oxygen atoms in total. The molecule has 0 radical (unpaired) electrons. The number of para-hydroxylation sites is 2. The van der Waals surface area contributed by atoms with Crippen molar-refractivity contribution in [3.63, 3.8) is 0 Å². The fourth-order valence-electron chi connectivity index (χ4n) is 6.91. The third kappa shape index (κ3) is 3.48. The second-order valence-corrected chi connectivity index (χ2v) is 10.7. The van der Waals surface area contributed by atoms with E-state index in [0.717, 1.165) is 36.1 Å². The lowest BCUT2D eigenvalue weighted by atomic mass is 9.64. The number of carbonyl (C=O) groups excluding carboxylic acids is 3. The van der Waals surface area contributed by atoms with E-state index in [1.54, 1.807) is 0 Å². The van der Waals surface area contributed by atoms with Crippen LogP contribution in [-0.4, -0.2) is 29.6 Å². The summed E-state index contributed by atoms with van der Waals surface area (Å²) >= 11 is 0. The molecule has 1 saturated heterocycles. The van der Waals surface area contributed by atoms with Crippen LogP contribution in [0.2, 0.25) is 0 Å². The molecule has 0 aliphatic carbocycles. The smallest absolute Gasteiger partial charge is 0.238 e. The molecule has 3 aromatic carbocycles. The lowest BCUT2D eigenvalue weighted by Crippen LogP contribution is -2.54. The highest BCUT2D eigenvalue weighted by Crippen LogP contribution is 2.57. The number of unbranched alkanes of at least 4 members (excludes halogenated alkanes) is 2. The van der Waals surface area contributed by atoms with Crippen molar-refractivity contribution < 1.29 is 14.4 Å². The van der Waals surface area contributed by atoms with Crippen LogP contribution in [0.4, 0.5) is 11.4 Å². The molecule has 1 N–H and O–H groups in total. The number of amides is 1. The lowest BCUT2D eigenvalue weighted by Gasteiger charge is -2.36. The molecule has 4 atom stereocenters. The van der Waals surface area contributed by atoms with Gasteiger partial charge in [0.05, 0.1) is 12.0 Å². The van der Waals surface area contributed by atoms with Crippen LogP contribution in [0, 0.1) is 5.92 Å². The fraction of sp³-hybridized carbons (Fsp3) is 0.303. The largest absolute Gasteiger partial charge is 0.352 e. The predicted octanol–water partition coefficient (Wildman–Crippen LogP) is 5.98. The second kappa shape index (κ2) is 9.39. The zero-order valence-electron chi connectivity index (χ0n) is 21.8. The normalized spacial score (nSPS) is 24.6. The van der Waals surface area contributed by atoms with Gasteiger partial charge < -0.3 is 10.2 Å². The van der Waals surface area contributed by atoms with Crippen molar-refractivity contribution in [3.8, 4) is 0 Å². The number of benzene rings is 3. The summed E-state index contributed by atoms with van der Waals surface area (Å²) < 4.78 is 0. The summed E-state index contributed by atoms with van der Waals surface area (Å²) in [5.41, 5.74) is 3.67. The van der Waals surface area contributed by atoms with Crippen LogP contribution >= 0.6 is 0 Å². The van der Waals surface area contributed by atoms with Gasteiger partial charge in [0, 0.05) is 16.9 Å². The van der Waals surface area contributed by atoms with Gasteiger partial charge in [-0.2, -0.15) is 0 Å². The number of hydrogen-bond donors (Lipinski definition) is 1. The molecule has 3 heterocycles. The van der Waals surface area contributed by atoms with E-state index >= 15 is 0 Å². The Balaban J connectivity index is 1.52. The highest BCUT2D eigenvalue weighted by atomic mass is 16.2. The van der Waals surface area contributed by atoms with Crippen LogP contribution in [0.3, 0.4) is 0 Å². The van der Waals surface area contributed by atoms with Crippen molar-refractivity contribution >= 4 is 34.9 Å². The molecule has 38 heavy (non-hydrogen) atoms. The van der Waals surface area contributed by atoms with Crippen molar-refractivity contribution in [2.45, 2.75) is 57.0 Å². The van der Waals surface area contributed by atoms with Crippen LogP contribution in [-0.2, 0) is 21.4 Å². The first kappa shape index (κ1) is 24.4. The number of Topliss-reactive ketones (excluding diaryl/α,β-unsaturated/α-hetero) is 2. The van der Waals surface area contributed by atoms with Crippen LogP contribution < -0.4 is 10.2 Å². The number of nitrogens with zero attached hydrogens (tertiary/aromatic N) is 1. The minimum Gasteiger partial charge on any atom is -0.352 e. The standard InChI is InChI=1S/C33H32N2O3/c1-3-4-5-10-22-15-17-24(18-16-22)30(37)29-28-20-19-23-11-6-9-14-27(23)35(28)31(21(2)36)33(29)25-12-7-8-13-26(25)34-32(33)38/h6-9,11-20,28-29,31H,3-5,10H2,1-2H3,(H,34,38)/t28?,29-,31+,33+/m1/s1. The van der Waals surface area contributed by atoms with Gasteiger partial charge in [-0.05, 0) is 48.6 Å². The quantitative estimate of drug-likeness (QED) is 0.317. The summed E-state index contributed by atoms with van der Waals surface area (Å²) in [6.45, 7) is 3.72. The highest BCUT2D eigenvalue weighted by molar-refractivity contribution is 6.17. The Hall–Kier alpha value is -3.99. The summed E-state index contributed by atoms with van der Waals surface area (Å²) in [5, 5.41) is 3.03. The van der Waals surface area contributed by atoms with Crippen molar-refractivity contribution in [1.29, 1.82) is 0 Å². The second-order valence-electron chi connectivity index (χ2n) is 10.7. The van der Waals surface area contributed by atoms with Crippen molar-refractivity contribution in [2.75, 3.05) is 10.2 Å². The van der Waals surface area contributed by atoms with Crippen molar-refractivity contribution in [3.05, 3.63) is 101 Å². The fourth-order valence-corrected chi connectivity index (χ4v) is 6.91. The van der Waals surface area contributed by atoms with E-state index in [1.165, 1.54) is 18.9 Å². The first-order valence-electron chi connectivity index (χ1n) is 13.6. The molecule has 1 amide bonds. The maximum atomic E-state index is 14.5. The van der Waals surface area contributed by atoms with Gasteiger partial charge in [-0.3, -0.25) is 14.4 Å². The molecule has 5 heteroatoms. The van der Waals surface area contributed by atoms with Crippen LogP contribution in [0.1, 0.15) is 60.2 Å². The number of ketones is 2. The van der Waals surface area contributed by atoms with Crippen LogP contribution in [0.15, 0.2) is 78.9 Å². The summed E-state index contributed by atoms with van der Waals surface area (Å²) in [4.78, 5) is 44.2. The zero-order valence-corrected chi connectivity index (χ0v) is 21.8. The topological polar surface area (TPSA) is 66.5 Å². The van der Waals surface area contributed by atoms with Gasteiger partial charge in [-0.15, -0.1) is 0 Å². The molecule has 3 aromatic rings. The Kier molecular flexibility index (Phi) is 6.02. The number of aryl methyl sites for hydroxylation is 1. The van der Waals surface area contributed by atoms with Gasteiger partial charge in [-0.25, -0.2) is 0 Å². The molecule has 3 aliphatic heterocycles. The molecule has 1 fully saturated rings. The van der Waals surface area contributed by atoms with Gasteiger partial charge in [0.15, 0.2) is 11.6 Å². The summed E-state index contributed by atoms with van der Waals surface area (Å²) in [6.07, 6.45) is 8.46. The van der Waals surface area contributed by atoms with Gasteiger partial charge in [0.25, 0.3) is 0 Å². The van der Waals surface area contributed by atoms with Crippen LogP contribution in [0.25, 0.3) is 6.08 Å². The SMILES string of the molecule is CCCCCc1ccc(C(=O)[C@H]2C3C=Cc4ccccc4N3[C@@H](C(C)=O)[C@@]23C(=O)Nc2ccccc23)cc1. The summed E-state index contributed by atoms with van der Waals surface area (Å²) in [7, 11) is 0. The maximum Gasteiger partial charge on any atom is 0.238 e. The van der Waals surface area contributed by atoms with E-state index in [4.69, 9.17) is 0 Å². The number of hydrogen-bond acceptors (Lipinski definition) is 4. The van der Waals surface area contributed by atoms with E-state index in [-0.39, 0.29) is 17.5 Å². The molecule has 0 saturated carbocycles. The molecule has 6 rings (SSSR count). The molecule has 0 bridgehead atoms. The Bertz CT molecular complexity index is 1460. The molecular formula is C33H32N2O3. The van der Waals surface area contributed by atoms with Gasteiger partial charge in [-0.1, -0.05) is 92.6 Å². The average Bonchev–Trinajstić information content (AvgIpc) is 3.41. The number of rotatable bonds is 7. The lowest BCUT2D eigenvalue weighted by molar-refractivity contribution is -0.127. The van der Waals surface area contributed by atoms with Gasteiger partial charge in [0.2, 0.25) is 5.91 Å². The molecular weight excluding hydrogens is 472 g/mol. The van der Waals surface area contributed by atoms with E-state index in [9.17, 15) is 14.4 Å². The first-order chi connectivity index (χ1) is 18.5. The van der Waals surface area contributed by atoms with Gasteiger partial charge in [0.1, 0.15) is 11.5 Å². The third-order valence-corrected chi connectivity index (χ3v) is 8.52. The Morgan fingerprint density at radius 1 is 0.947 bits per heavy atom. The molecule has 1 unspecified atom stereocenters. The van der Waals surface area contributed by atoms with Crippen molar-refractivity contribution in [1.82, 2.24) is 0 Å². The molecule has 3 aliphatic rings. The number of carbonyl (C=O) groups is 3. The number of anilines is 2. The third-order valence-electron chi connectivity index (χ3n) is 8.52.